The van der Waals surface area contributed by atoms with E-state index in [0.29, 0.717) is 29.4 Å². The van der Waals surface area contributed by atoms with Gasteiger partial charge in [-0.25, -0.2) is 9.66 Å². The van der Waals surface area contributed by atoms with Crippen LogP contribution in [-0.4, -0.2) is 44.4 Å². The predicted octanol–water partition coefficient (Wildman–Crippen LogP) is 1.41. The smallest absolute Gasteiger partial charge is 0.290 e. The number of pyridine rings is 1. The highest BCUT2D eigenvalue weighted by atomic mass is 16.2. The second-order valence-corrected chi connectivity index (χ2v) is 6.29. The van der Waals surface area contributed by atoms with Crippen LogP contribution in [0.5, 0.6) is 0 Å². The molecule has 0 unspecified atom stereocenters. The molecule has 1 aromatic carbocycles. The fourth-order valence-electron chi connectivity index (χ4n) is 3.22. The number of hydrogen-bond acceptors (Lipinski definition) is 5. The molecule has 0 bridgehead atoms. The second kappa shape index (κ2) is 6.99. The third-order valence-corrected chi connectivity index (χ3v) is 4.57. The van der Waals surface area contributed by atoms with Gasteiger partial charge in [0, 0.05) is 42.5 Å². The zero-order valence-corrected chi connectivity index (χ0v) is 14.5. The third-order valence-electron chi connectivity index (χ3n) is 4.57. The van der Waals surface area contributed by atoms with Gasteiger partial charge in [-0.3, -0.25) is 24.8 Å². The first-order chi connectivity index (χ1) is 13.1. The van der Waals surface area contributed by atoms with E-state index in [9.17, 15) is 14.4 Å². The van der Waals surface area contributed by atoms with E-state index in [1.807, 2.05) is 0 Å². The van der Waals surface area contributed by atoms with Gasteiger partial charge in [-0.1, -0.05) is 18.2 Å². The molecule has 3 heterocycles. The number of fused-ring (bicyclic) bond motifs is 1. The zero-order chi connectivity index (χ0) is 18.8. The first-order valence-corrected chi connectivity index (χ1v) is 8.66. The summed E-state index contributed by atoms with van der Waals surface area (Å²) in [7, 11) is 0. The summed E-state index contributed by atoms with van der Waals surface area (Å²) in [6.07, 6.45) is 7.46. The molecule has 27 heavy (non-hydrogen) atoms. The molecule has 0 spiro atoms. The molecule has 2 amide bonds. The molecule has 8 nitrogen and oxygen atoms in total. The minimum absolute atomic E-state index is 0.0741. The molecule has 1 aliphatic heterocycles. The topological polar surface area (TPSA) is 97.2 Å². The SMILES string of the molecule is O=C(Nn1cc(C(=O)N2CCCC2)c2ccccc2c1=O)c1cnccn1. The van der Waals surface area contributed by atoms with Crippen molar-refractivity contribution < 1.29 is 9.59 Å². The molecule has 4 rings (SSSR count). The van der Waals surface area contributed by atoms with E-state index in [-0.39, 0.29) is 11.6 Å². The number of hydrogen-bond donors (Lipinski definition) is 1. The lowest BCUT2D eigenvalue weighted by molar-refractivity contribution is 0.0793. The molecule has 1 N–H and O–H groups in total. The summed E-state index contributed by atoms with van der Waals surface area (Å²) >= 11 is 0. The average Bonchev–Trinajstić information content (AvgIpc) is 3.25. The quantitative estimate of drug-likeness (QED) is 0.759. The zero-order valence-electron chi connectivity index (χ0n) is 14.5. The van der Waals surface area contributed by atoms with Gasteiger partial charge in [0.05, 0.1) is 11.8 Å². The highest BCUT2D eigenvalue weighted by Crippen LogP contribution is 2.19. The van der Waals surface area contributed by atoms with Gasteiger partial charge in [0.15, 0.2) is 0 Å². The lowest BCUT2D eigenvalue weighted by atomic mass is 10.1. The Morgan fingerprint density at radius 2 is 1.78 bits per heavy atom. The Morgan fingerprint density at radius 3 is 2.48 bits per heavy atom. The Morgan fingerprint density at radius 1 is 1.04 bits per heavy atom. The number of amides is 2. The molecule has 1 fully saturated rings. The Balaban J connectivity index is 1.79. The van der Waals surface area contributed by atoms with Gasteiger partial charge in [0.25, 0.3) is 17.4 Å². The molecule has 0 radical (unpaired) electrons. The van der Waals surface area contributed by atoms with E-state index in [1.54, 1.807) is 29.2 Å². The largest absolute Gasteiger partial charge is 0.339 e. The molecule has 2 aromatic heterocycles. The van der Waals surface area contributed by atoms with E-state index in [2.05, 4.69) is 15.4 Å². The summed E-state index contributed by atoms with van der Waals surface area (Å²) in [5.41, 5.74) is 2.54. The Hall–Kier alpha value is -3.55. The summed E-state index contributed by atoms with van der Waals surface area (Å²) in [5.74, 6) is -0.730. The summed E-state index contributed by atoms with van der Waals surface area (Å²) < 4.78 is 1.04. The van der Waals surface area contributed by atoms with Crippen molar-refractivity contribution in [3.63, 3.8) is 0 Å². The maximum atomic E-state index is 13.0. The fourth-order valence-corrected chi connectivity index (χ4v) is 3.22. The van der Waals surface area contributed by atoms with Crippen molar-refractivity contribution in [3.8, 4) is 0 Å². The van der Waals surface area contributed by atoms with Gasteiger partial charge in [0.1, 0.15) is 5.69 Å². The van der Waals surface area contributed by atoms with Crippen molar-refractivity contribution in [1.29, 1.82) is 0 Å². The van der Waals surface area contributed by atoms with Crippen LogP contribution in [0.1, 0.15) is 33.7 Å². The monoisotopic (exact) mass is 363 g/mol. The number of nitrogens with one attached hydrogen (secondary N) is 1. The average molecular weight is 363 g/mol. The van der Waals surface area contributed by atoms with Crippen molar-refractivity contribution in [2.24, 2.45) is 0 Å². The molecule has 1 aliphatic rings. The Kier molecular flexibility index (Phi) is 4.37. The van der Waals surface area contributed by atoms with Crippen LogP contribution in [-0.2, 0) is 0 Å². The van der Waals surface area contributed by atoms with Crippen molar-refractivity contribution in [2.75, 3.05) is 18.5 Å². The van der Waals surface area contributed by atoms with Crippen LogP contribution in [0, 0.1) is 0 Å². The van der Waals surface area contributed by atoms with E-state index in [1.165, 1.54) is 24.8 Å². The van der Waals surface area contributed by atoms with Gasteiger partial charge < -0.3 is 4.90 Å². The van der Waals surface area contributed by atoms with Gasteiger partial charge in [0.2, 0.25) is 0 Å². The summed E-state index contributed by atoms with van der Waals surface area (Å²) in [4.78, 5) is 47.6. The molecule has 136 valence electrons. The van der Waals surface area contributed by atoms with Crippen LogP contribution in [0.4, 0.5) is 0 Å². The van der Waals surface area contributed by atoms with Gasteiger partial charge in [-0.05, 0) is 18.9 Å². The number of carbonyl (C=O) groups excluding carboxylic acids is 2. The standard InChI is InChI=1S/C19H17N5O3/c25-17(16-11-20-7-8-21-16)22-24-12-15(18(26)23-9-3-4-10-23)13-5-1-2-6-14(13)19(24)27/h1-2,5-8,11-12H,3-4,9-10H2,(H,22,25). The van der Waals surface area contributed by atoms with E-state index >= 15 is 0 Å². The van der Waals surface area contributed by atoms with Gasteiger partial charge >= 0.3 is 0 Å². The highest BCUT2D eigenvalue weighted by molar-refractivity contribution is 6.07. The molecule has 8 heteroatoms. The van der Waals surface area contributed by atoms with Crippen LogP contribution in [0.15, 0.2) is 53.8 Å². The number of carbonyl (C=O) groups is 2. The number of likely N-dealkylation sites (tertiary alicyclic amines) is 1. The summed E-state index contributed by atoms with van der Waals surface area (Å²) in [5, 5.41) is 0.936. The van der Waals surface area contributed by atoms with E-state index in [0.717, 1.165) is 17.5 Å². The van der Waals surface area contributed by atoms with Gasteiger partial charge in [-0.2, -0.15) is 0 Å². The number of aromatic nitrogens is 3. The number of rotatable bonds is 3. The van der Waals surface area contributed by atoms with Crippen LogP contribution >= 0.6 is 0 Å². The molecule has 1 saturated heterocycles. The van der Waals surface area contributed by atoms with E-state index in [4.69, 9.17) is 0 Å². The van der Waals surface area contributed by atoms with Gasteiger partial charge in [-0.15, -0.1) is 0 Å². The van der Waals surface area contributed by atoms with Crippen molar-refractivity contribution >= 4 is 22.6 Å². The van der Waals surface area contributed by atoms with Crippen LogP contribution in [0.2, 0.25) is 0 Å². The minimum atomic E-state index is -0.583. The molecule has 0 atom stereocenters. The normalized spacial score (nSPS) is 13.7. The van der Waals surface area contributed by atoms with Crippen LogP contribution < -0.4 is 11.0 Å². The van der Waals surface area contributed by atoms with Crippen LogP contribution in [0.3, 0.4) is 0 Å². The Labute approximate surface area is 154 Å². The molecular weight excluding hydrogens is 346 g/mol. The van der Waals surface area contributed by atoms with Crippen molar-refractivity contribution in [1.82, 2.24) is 19.5 Å². The van der Waals surface area contributed by atoms with E-state index < -0.39 is 11.5 Å². The highest BCUT2D eigenvalue weighted by Gasteiger charge is 2.23. The lowest BCUT2D eigenvalue weighted by Crippen LogP contribution is -2.35. The summed E-state index contributed by atoms with van der Waals surface area (Å²) in [6, 6.07) is 6.89. The molecule has 0 aliphatic carbocycles. The summed E-state index contributed by atoms with van der Waals surface area (Å²) in [6.45, 7) is 1.39. The molecule has 0 saturated carbocycles. The maximum Gasteiger partial charge on any atom is 0.290 e. The predicted molar refractivity (Wildman–Crippen MR) is 99.1 cm³/mol. The fraction of sp³-hybridized carbons (Fsp3) is 0.211. The minimum Gasteiger partial charge on any atom is -0.339 e. The number of benzene rings is 1. The number of nitrogens with zero attached hydrogens (tertiary/aromatic N) is 4. The third kappa shape index (κ3) is 3.17. The Bertz CT molecular complexity index is 1070. The van der Waals surface area contributed by atoms with Crippen LogP contribution in [0.25, 0.3) is 10.8 Å². The first-order valence-electron chi connectivity index (χ1n) is 8.66. The molecule has 3 aromatic rings. The lowest BCUT2D eigenvalue weighted by Gasteiger charge is -2.18. The first kappa shape index (κ1) is 16.9. The maximum absolute atomic E-state index is 13.0. The van der Waals surface area contributed by atoms with Crippen molar-refractivity contribution in [2.45, 2.75) is 12.8 Å². The second-order valence-electron chi connectivity index (χ2n) is 6.29. The molecular formula is C19H17N5O3. The van der Waals surface area contributed by atoms with Crippen molar-refractivity contribution in [3.05, 3.63) is 70.7 Å².